The highest BCUT2D eigenvalue weighted by atomic mass is 16.4. The van der Waals surface area contributed by atoms with Crippen LogP contribution in [0, 0.1) is 0 Å². The SMILES string of the molecule is C/C=C/C=C/C(=O)[O-].CCCCCCCCCCCC(=O)[O-]. The van der Waals surface area contributed by atoms with Crippen LogP contribution in [-0.4, -0.2) is 11.9 Å². The minimum absolute atomic E-state index is 0.232. The van der Waals surface area contributed by atoms with Gasteiger partial charge in [0.25, 0.3) is 0 Å². The molecule has 0 unspecified atom stereocenters. The number of aliphatic carboxylic acids is 2. The van der Waals surface area contributed by atoms with Gasteiger partial charge in [-0.05, 0) is 25.8 Å². The standard InChI is InChI=1S/C12H24O2.C6H8O2/c1-2-3-4-5-6-7-8-9-10-11-12(13)14;1-2-3-4-5-6(7)8/h2-11H2,1H3,(H,13,14);2-5H,1H3,(H,7,8)/p-2/b;3-2+,5-4+. The molecule has 0 rings (SSSR count). The molecule has 0 saturated carbocycles. The average molecular weight is 310 g/mol. The summed E-state index contributed by atoms with van der Waals surface area (Å²) < 4.78 is 0. The number of carboxylic acid groups (broad SMARTS) is 2. The van der Waals surface area contributed by atoms with Gasteiger partial charge in [-0.2, -0.15) is 0 Å². The Morgan fingerprint density at radius 3 is 1.73 bits per heavy atom. The molecule has 0 aromatic rings. The second kappa shape index (κ2) is 19.4. The lowest BCUT2D eigenvalue weighted by atomic mass is 10.1. The molecule has 0 aromatic carbocycles. The second-order valence-corrected chi connectivity index (χ2v) is 5.15. The first-order valence-corrected chi connectivity index (χ1v) is 8.24. The van der Waals surface area contributed by atoms with Gasteiger partial charge in [0.2, 0.25) is 0 Å². The molecule has 0 aromatic heterocycles. The summed E-state index contributed by atoms with van der Waals surface area (Å²) in [5.74, 6) is -2.07. The predicted molar refractivity (Wildman–Crippen MR) is 85.8 cm³/mol. The van der Waals surface area contributed by atoms with Crippen molar-refractivity contribution in [2.45, 2.75) is 78.1 Å². The molecule has 0 aliphatic heterocycles. The third-order valence-electron chi connectivity index (χ3n) is 3.02. The first-order chi connectivity index (χ1) is 10.5. The molecule has 4 heteroatoms. The fourth-order valence-electron chi connectivity index (χ4n) is 1.83. The molecule has 0 amide bonds. The lowest BCUT2D eigenvalue weighted by Gasteiger charge is -2.02. The number of hydrogen-bond donors (Lipinski definition) is 0. The highest BCUT2D eigenvalue weighted by Gasteiger charge is 1.92. The van der Waals surface area contributed by atoms with E-state index in [0.717, 1.165) is 18.9 Å². The van der Waals surface area contributed by atoms with E-state index in [1.165, 1.54) is 51.0 Å². The van der Waals surface area contributed by atoms with Crippen LogP contribution in [0.15, 0.2) is 24.3 Å². The zero-order chi connectivity index (χ0) is 17.1. The van der Waals surface area contributed by atoms with Crippen molar-refractivity contribution in [2.24, 2.45) is 0 Å². The predicted octanol–water partition coefficient (Wildman–Crippen LogP) is 2.53. The Morgan fingerprint density at radius 2 is 1.32 bits per heavy atom. The Labute approximate surface area is 134 Å². The van der Waals surface area contributed by atoms with Gasteiger partial charge in [-0.1, -0.05) is 76.5 Å². The van der Waals surface area contributed by atoms with Gasteiger partial charge in [-0.25, -0.2) is 0 Å². The summed E-state index contributed by atoms with van der Waals surface area (Å²) in [6.45, 7) is 4.03. The van der Waals surface area contributed by atoms with E-state index in [0.29, 0.717) is 0 Å². The van der Waals surface area contributed by atoms with Crippen LogP contribution < -0.4 is 10.2 Å². The summed E-state index contributed by atoms with van der Waals surface area (Å²) in [6.07, 6.45) is 16.9. The van der Waals surface area contributed by atoms with Crippen molar-refractivity contribution in [1.82, 2.24) is 0 Å². The minimum Gasteiger partial charge on any atom is -0.550 e. The molecule has 0 aliphatic carbocycles. The summed E-state index contributed by atoms with van der Waals surface area (Å²) in [4.78, 5) is 19.7. The molecule has 0 heterocycles. The third-order valence-corrected chi connectivity index (χ3v) is 3.02. The monoisotopic (exact) mass is 310 g/mol. The van der Waals surface area contributed by atoms with Crippen LogP contribution >= 0.6 is 0 Å². The van der Waals surface area contributed by atoms with Crippen LogP contribution in [0.1, 0.15) is 78.1 Å². The van der Waals surface area contributed by atoms with Gasteiger partial charge in [0.05, 0.1) is 5.97 Å². The second-order valence-electron chi connectivity index (χ2n) is 5.15. The number of hydrogen-bond acceptors (Lipinski definition) is 4. The lowest BCUT2D eigenvalue weighted by Crippen LogP contribution is -2.21. The van der Waals surface area contributed by atoms with E-state index in [1.54, 1.807) is 19.1 Å². The summed E-state index contributed by atoms with van der Waals surface area (Å²) in [6, 6.07) is 0. The highest BCUT2D eigenvalue weighted by Crippen LogP contribution is 2.10. The summed E-state index contributed by atoms with van der Waals surface area (Å²) in [5.41, 5.74) is 0. The van der Waals surface area contributed by atoms with Gasteiger partial charge in [0.15, 0.2) is 0 Å². The fraction of sp³-hybridized carbons (Fsp3) is 0.667. The zero-order valence-corrected chi connectivity index (χ0v) is 14.0. The smallest absolute Gasteiger partial charge is 0.0642 e. The Morgan fingerprint density at radius 1 is 0.818 bits per heavy atom. The van der Waals surface area contributed by atoms with Crippen molar-refractivity contribution < 1.29 is 19.8 Å². The maximum atomic E-state index is 10.1. The average Bonchev–Trinajstić information content (AvgIpc) is 2.46. The van der Waals surface area contributed by atoms with Crippen LogP contribution in [0.3, 0.4) is 0 Å². The molecule has 128 valence electrons. The van der Waals surface area contributed by atoms with E-state index in [2.05, 4.69) is 6.92 Å². The summed E-state index contributed by atoms with van der Waals surface area (Å²) in [7, 11) is 0. The molecular formula is C18H30O4-2. The minimum atomic E-state index is -1.16. The summed E-state index contributed by atoms with van der Waals surface area (Å²) in [5, 5.41) is 19.7. The van der Waals surface area contributed by atoms with Crippen molar-refractivity contribution >= 4 is 11.9 Å². The number of carbonyl (C=O) groups is 2. The normalized spacial score (nSPS) is 10.6. The molecule has 0 saturated heterocycles. The van der Waals surface area contributed by atoms with Crippen molar-refractivity contribution in [3.63, 3.8) is 0 Å². The van der Waals surface area contributed by atoms with Crippen LogP contribution in [0.25, 0.3) is 0 Å². The Bertz CT molecular complexity index is 319. The van der Waals surface area contributed by atoms with Crippen molar-refractivity contribution in [3.8, 4) is 0 Å². The first-order valence-electron chi connectivity index (χ1n) is 8.24. The third kappa shape index (κ3) is 26.9. The zero-order valence-electron chi connectivity index (χ0n) is 14.0. The number of carbonyl (C=O) groups excluding carboxylic acids is 2. The van der Waals surface area contributed by atoms with E-state index >= 15 is 0 Å². The molecule has 0 bridgehead atoms. The molecule has 0 fully saturated rings. The molecular weight excluding hydrogens is 280 g/mol. The number of rotatable bonds is 12. The molecule has 22 heavy (non-hydrogen) atoms. The lowest BCUT2D eigenvalue weighted by molar-refractivity contribution is -0.306. The highest BCUT2D eigenvalue weighted by molar-refractivity contribution is 5.77. The molecule has 0 spiro atoms. The van der Waals surface area contributed by atoms with Crippen LogP contribution in [0.2, 0.25) is 0 Å². The van der Waals surface area contributed by atoms with Crippen LogP contribution in [0.5, 0.6) is 0 Å². The maximum absolute atomic E-state index is 10.1. The van der Waals surface area contributed by atoms with Gasteiger partial charge in [0.1, 0.15) is 0 Å². The topological polar surface area (TPSA) is 80.3 Å². The van der Waals surface area contributed by atoms with Gasteiger partial charge in [-0.3, -0.25) is 0 Å². The van der Waals surface area contributed by atoms with E-state index in [1.807, 2.05) is 0 Å². The summed E-state index contributed by atoms with van der Waals surface area (Å²) >= 11 is 0. The van der Waals surface area contributed by atoms with Gasteiger partial charge < -0.3 is 19.8 Å². The van der Waals surface area contributed by atoms with Crippen molar-refractivity contribution in [2.75, 3.05) is 0 Å². The molecule has 0 atom stereocenters. The molecule has 0 N–H and O–H groups in total. The maximum Gasteiger partial charge on any atom is 0.0642 e. The number of unbranched alkanes of at least 4 members (excludes halogenated alkanes) is 8. The van der Waals surface area contributed by atoms with E-state index in [-0.39, 0.29) is 6.42 Å². The van der Waals surface area contributed by atoms with Crippen LogP contribution in [-0.2, 0) is 9.59 Å². The molecule has 0 aliphatic rings. The Balaban J connectivity index is 0. The first kappa shape index (κ1) is 22.7. The largest absolute Gasteiger partial charge is 0.550 e. The van der Waals surface area contributed by atoms with Crippen molar-refractivity contribution in [1.29, 1.82) is 0 Å². The molecule has 4 nitrogen and oxygen atoms in total. The van der Waals surface area contributed by atoms with Gasteiger partial charge in [-0.15, -0.1) is 0 Å². The van der Waals surface area contributed by atoms with Gasteiger partial charge in [0, 0.05) is 5.97 Å². The molecule has 0 radical (unpaired) electrons. The fourth-order valence-corrected chi connectivity index (χ4v) is 1.83. The van der Waals surface area contributed by atoms with Crippen molar-refractivity contribution in [3.05, 3.63) is 24.3 Å². The van der Waals surface area contributed by atoms with Crippen LogP contribution in [0.4, 0.5) is 0 Å². The van der Waals surface area contributed by atoms with E-state index < -0.39 is 11.9 Å². The van der Waals surface area contributed by atoms with E-state index in [9.17, 15) is 19.8 Å². The Hall–Kier alpha value is -1.58. The number of carboxylic acids is 2. The Kier molecular flexibility index (Phi) is 20.0. The quantitative estimate of drug-likeness (QED) is 0.315. The van der Waals surface area contributed by atoms with E-state index in [4.69, 9.17) is 0 Å². The number of allylic oxidation sites excluding steroid dienone is 3. The van der Waals surface area contributed by atoms with Gasteiger partial charge >= 0.3 is 0 Å².